The molecule has 1 aromatic carbocycles. The average Bonchev–Trinajstić information content (AvgIpc) is 3.53. The number of carbonyl (C=O) groups is 1. The van der Waals surface area contributed by atoms with Crippen molar-refractivity contribution >= 4 is 34.7 Å². The molecule has 0 bridgehead atoms. The van der Waals surface area contributed by atoms with Crippen LogP contribution in [0.15, 0.2) is 77.8 Å². The first kappa shape index (κ1) is 18.1. The molecule has 5 rings (SSSR count). The van der Waals surface area contributed by atoms with Crippen molar-refractivity contribution in [1.82, 2.24) is 14.7 Å². The van der Waals surface area contributed by atoms with Gasteiger partial charge in [-0.1, -0.05) is 24.3 Å². The normalized spacial score (nSPS) is 16.3. The third kappa shape index (κ3) is 3.57. The lowest BCUT2D eigenvalue weighted by Gasteiger charge is -2.34. The highest BCUT2D eigenvalue weighted by Crippen LogP contribution is 2.39. The van der Waals surface area contributed by atoms with Gasteiger partial charge >= 0.3 is 0 Å². The molecule has 0 fully saturated rings. The quantitative estimate of drug-likeness (QED) is 0.429. The standard InChI is InChI=1S/C23H19N3OS2/c27-22(9-8-17-15-24-26(16-17)18-5-2-1-3-6-18)25-12-10-20-19(11-14-29-20)23(25)21-7-4-13-28-21/h1-9,11,13-16,23H,10,12H2/b9-8+. The van der Waals surface area contributed by atoms with Crippen LogP contribution in [0.3, 0.4) is 0 Å². The van der Waals surface area contributed by atoms with E-state index in [1.54, 1.807) is 34.9 Å². The van der Waals surface area contributed by atoms with E-state index in [1.165, 1.54) is 15.3 Å². The van der Waals surface area contributed by atoms with E-state index in [-0.39, 0.29) is 11.9 Å². The zero-order valence-corrected chi connectivity index (χ0v) is 17.3. The lowest BCUT2D eigenvalue weighted by atomic mass is 9.98. The maximum Gasteiger partial charge on any atom is 0.247 e. The summed E-state index contributed by atoms with van der Waals surface area (Å²) in [5.74, 6) is 0.0349. The Morgan fingerprint density at radius 3 is 2.79 bits per heavy atom. The van der Waals surface area contributed by atoms with Gasteiger partial charge in [0, 0.05) is 34.1 Å². The van der Waals surface area contributed by atoms with Gasteiger partial charge in [-0.25, -0.2) is 4.68 Å². The highest BCUT2D eigenvalue weighted by atomic mass is 32.1. The van der Waals surface area contributed by atoms with Crippen molar-refractivity contribution in [3.8, 4) is 5.69 Å². The first-order chi connectivity index (χ1) is 14.3. The van der Waals surface area contributed by atoms with Gasteiger partial charge in [0.2, 0.25) is 5.91 Å². The second-order valence-corrected chi connectivity index (χ2v) is 8.87. The van der Waals surface area contributed by atoms with E-state index in [0.29, 0.717) is 0 Å². The summed E-state index contributed by atoms with van der Waals surface area (Å²) in [5, 5.41) is 8.61. The number of carbonyl (C=O) groups excluding carboxylic acids is 1. The molecule has 29 heavy (non-hydrogen) atoms. The second kappa shape index (κ2) is 7.81. The molecule has 0 saturated heterocycles. The van der Waals surface area contributed by atoms with Crippen molar-refractivity contribution in [2.75, 3.05) is 6.54 Å². The monoisotopic (exact) mass is 417 g/mol. The summed E-state index contributed by atoms with van der Waals surface area (Å²) in [5.41, 5.74) is 3.17. The molecule has 0 N–H and O–H groups in total. The molecule has 1 aliphatic heterocycles. The summed E-state index contributed by atoms with van der Waals surface area (Å²) in [7, 11) is 0. The number of hydrogen-bond acceptors (Lipinski definition) is 4. The van der Waals surface area contributed by atoms with Crippen LogP contribution in [-0.2, 0) is 11.2 Å². The number of benzene rings is 1. The number of amides is 1. The van der Waals surface area contributed by atoms with Crippen LogP contribution in [0.2, 0.25) is 0 Å². The number of para-hydroxylation sites is 1. The van der Waals surface area contributed by atoms with Crippen molar-refractivity contribution in [2.45, 2.75) is 12.5 Å². The fourth-order valence-corrected chi connectivity index (χ4v) is 5.47. The van der Waals surface area contributed by atoms with Crippen LogP contribution in [0.25, 0.3) is 11.8 Å². The van der Waals surface area contributed by atoms with Gasteiger partial charge in [0.25, 0.3) is 0 Å². The van der Waals surface area contributed by atoms with E-state index in [4.69, 9.17) is 0 Å². The van der Waals surface area contributed by atoms with Gasteiger partial charge in [-0.05, 0) is 53.1 Å². The number of hydrogen-bond donors (Lipinski definition) is 0. The Morgan fingerprint density at radius 2 is 1.97 bits per heavy atom. The zero-order valence-electron chi connectivity index (χ0n) is 15.6. The van der Waals surface area contributed by atoms with Crippen molar-refractivity contribution in [1.29, 1.82) is 0 Å². The molecular formula is C23H19N3OS2. The fourth-order valence-electron chi connectivity index (χ4n) is 3.72. The number of aromatic nitrogens is 2. The van der Waals surface area contributed by atoms with E-state index in [1.807, 2.05) is 52.2 Å². The largest absolute Gasteiger partial charge is 0.327 e. The van der Waals surface area contributed by atoms with Crippen molar-refractivity contribution < 1.29 is 4.79 Å². The van der Waals surface area contributed by atoms with E-state index < -0.39 is 0 Å². The number of nitrogens with zero attached hydrogens (tertiary/aromatic N) is 3. The molecule has 0 saturated carbocycles. The summed E-state index contributed by atoms with van der Waals surface area (Å²) in [6, 6.07) is 16.3. The molecular weight excluding hydrogens is 398 g/mol. The zero-order chi connectivity index (χ0) is 19.6. The van der Waals surface area contributed by atoms with Crippen LogP contribution in [-0.4, -0.2) is 27.1 Å². The molecule has 144 valence electrons. The summed E-state index contributed by atoms with van der Waals surface area (Å²) >= 11 is 3.49. The van der Waals surface area contributed by atoms with E-state index >= 15 is 0 Å². The first-order valence-electron chi connectivity index (χ1n) is 9.48. The van der Waals surface area contributed by atoms with Crippen LogP contribution < -0.4 is 0 Å². The minimum atomic E-state index is 0.00851. The third-order valence-corrected chi connectivity index (χ3v) is 7.02. The number of fused-ring (bicyclic) bond motifs is 1. The predicted octanol–water partition coefficient (Wildman–Crippen LogP) is 5.18. The fraction of sp³-hybridized carbons (Fsp3) is 0.130. The Morgan fingerprint density at radius 1 is 1.07 bits per heavy atom. The first-order valence-corrected chi connectivity index (χ1v) is 11.2. The minimum absolute atomic E-state index is 0.00851. The highest BCUT2D eigenvalue weighted by molar-refractivity contribution is 7.10. The Balaban J connectivity index is 1.38. The van der Waals surface area contributed by atoms with Crippen LogP contribution >= 0.6 is 22.7 Å². The topological polar surface area (TPSA) is 38.1 Å². The Hall–Kier alpha value is -2.96. The molecule has 4 heterocycles. The maximum atomic E-state index is 13.1. The van der Waals surface area contributed by atoms with Gasteiger partial charge in [0.05, 0.1) is 17.9 Å². The minimum Gasteiger partial charge on any atom is -0.327 e. The van der Waals surface area contributed by atoms with E-state index in [2.05, 4.69) is 34.1 Å². The average molecular weight is 418 g/mol. The van der Waals surface area contributed by atoms with Gasteiger partial charge in [-0.15, -0.1) is 22.7 Å². The number of rotatable bonds is 4. The molecule has 1 aliphatic rings. The van der Waals surface area contributed by atoms with Gasteiger partial charge < -0.3 is 4.90 Å². The Kier molecular flexibility index (Phi) is 4.87. The summed E-state index contributed by atoms with van der Waals surface area (Å²) in [6.45, 7) is 0.739. The van der Waals surface area contributed by atoms with Crippen LogP contribution in [0.5, 0.6) is 0 Å². The van der Waals surface area contributed by atoms with Crippen molar-refractivity contribution in [2.24, 2.45) is 0 Å². The van der Waals surface area contributed by atoms with Crippen LogP contribution in [0.1, 0.15) is 26.9 Å². The van der Waals surface area contributed by atoms with Crippen LogP contribution in [0, 0.1) is 0 Å². The summed E-state index contributed by atoms with van der Waals surface area (Å²) < 4.78 is 1.82. The lowest BCUT2D eigenvalue weighted by Crippen LogP contribution is -2.38. The molecule has 6 heteroatoms. The van der Waals surface area contributed by atoms with Gasteiger partial charge in [0.1, 0.15) is 0 Å². The highest BCUT2D eigenvalue weighted by Gasteiger charge is 2.32. The van der Waals surface area contributed by atoms with E-state index in [9.17, 15) is 4.79 Å². The third-order valence-electron chi connectivity index (χ3n) is 5.10. The summed E-state index contributed by atoms with van der Waals surface area (Å²) in [6.07, 6.45) is 8.15. The van der Waals surface area contributed by atoms with Crippen LogP contribution in [0.4, 0.5) is 0 Å². The van der Waals surface area contributed by atoms with Gasteiger partial charge in [0.15, 0.2) is 0 Å². The van der Waals surface area contributed by atoms with Crippen molar-refractivity contribution in [3.05, 3.63) is 98.6 Å². The van der Waals surface area contributed by atoms with E-state index in [0.717, 1.165) is 24.2 Å². The maximum absolute atomic E-state index is 13.1. The SMILES string of the molecule is O=C(/C=C/c1cnn(-c2ccccc2)c1)N1CCc2sccc2C1c1cccs1. The molecule has 1 amide bonds. The predicted molar refractivity (Wildman–Crippen MR) is 118 cm³/mol. The van der Waals surface area contributed by atoms with Crippen molar-refractivity contribution in [3.63, 3.8) is 0 Å². The molecule has 4 aromatic rings. The van der Waals surface area contributed by atoms with Gasteiger partial charge in [-0.2, -0.15) is 5.10 Å². The number of thiophene rings is 2. The summed E-state index contributed by atoms with van der Waals surface area (Å²) in [4.78, 5) is 17.7. The Labute approximate surface area is 177 Å². The second-order valence-electron chi connectivity index (χ2n) is 6.89. The smallest absolute Gasteiger partial charge is 0.247 e. The molecule has 4 nitrogen and oxygen atoms in total. The molecule has 1 unspecified atom stereocenters. The molecule has 1 atom stereocenters. The molecule has 3 aromatic heterocycles. The molecule has 0 radical (unpaired) electrons. The Bertz CT molecular complexity index is 1140. The molecule has 0 spiro atoms. The lowest BCUT2D eigenvalue weighted by molar-refractivity contribution is -0.127. The van der Waals surface area contributed by atoms with Gasteiger partial charge in [-0.3, -0.25) is 4.79 Å². The molecule has 0 aliphatic carbocycles.